The van der Waals surface area contributed by atoms with E-state index < -0.39 is 8.07 Å². The lowest BCUT2D eigenvalue weighted by molar-refractivity contribution is -0.180. The fraction of sp³-hybridized carbons (Fsp3) is 0.727. The summed E-state index contributed by atoms with van der Waals surface area (Å²) in [5, 5.41) is 0. The molecule has 0 unspecified atom stereocenters. The molecule has 0 aromatic carbocycles. The van der Waals surface area contributed by atoms with Crippen molar-refractivity contribution in [1.82, 2.24) is 0 Å². The molecule has 0 radical (unpaired) electrons. The van der Waals surface area contributed by atoms with Crippen molar-refractivity contribution in [2.75, 3.05) is 0 Å². The van der Waals surface area contributed by atoms with E-state index in [4.69, 9.17) is 4.74 Å². The summed E-state index contributed by atoms with van der Waals surface area (Å²) in [6, 6.07) is 0. The van der Waals surface area contributed by atoms with Gasteiger partial charge in [0.1, 0.15) is 14.0 Å². The first-order valence-electron chi connectivity index (χ1n) is 5.04. The number of hydrogen-bond acceptors (Lipinski definition) is 2. The van der Waals surface area contributed by atoms with E-state index in [9.17, 15) is 4.79 Å². The highest BCUT2D eigenvalue weighted by molar-refractivity contribution is 6.83. The zero-order valence-corrected chi connectivity index (χ0v) is 10.5. The van der Waals surface area contributed by atoms with Crippen LogP contribution in [-0.2, 0) is 9.53 Å². The van der Waals surface area contributed by atoms with Crippen molar-refractivity contribution in [2.45, 2.75) is 39.6 Å². The van der Waals surface area contributed by atoms with Gasteiger partial charge in [-0.3, -0.25) is 4.79 Å². The van der Waals surface area contributed by atoms with Crippen LogP contribution in [0.5, 0.6) is 0 Å². The van der Waals surface area contributed by atoms with Crippen molar-refractivity contribution in [3.05, 3.63) is 0 Å². The molecule has 0 aromatic rings. The first kappa shape index (κ1) is 11.3. The summed E-state index contributed by atoms with van der Waals surface area (Å²) in [5.74, 6) is 3.33. The van der Waals surface area contributed by atoms with Crippen molar-refractivity contribution >= 4 is 14.0 Å². The van der Waals surface area contributed by atoms with E-state index in [0.29, 0.717) is 5.92 Å². The maximum atomic E-state index is 11.1. The predicted molar refractivity (Wildman–Crippen MR) is 59.3 cm³/mol. The van der Waals surface area contributed by atoms with Gasteiger partial charge in [0.15, 0.2) is 6.10 Å². The first-order valence-corrected chi connectivity index (χ1v) is 8.54. The Morgan fingerprint density at radius 1 is 1.36 bits per heavy atom. The van der Waals surface area contributed by atoms with E-state index in [1.54, 1.807) is 0 Å². The van der Waals surface area contributed by atoms with E-state index in [2.05, 4.69) is 31.1 Å². The molecule has 1 aliphatic rings. The fourth-order valence-electron chi connectivity index (χ4n) is 1.36. The highest BCUT2D eigenvalue weighted by Gasteiger charge is 2.43. The van der Waals surface area contributed by atoms with Crippen LogP contribution in [0.4, 0.5) is 0 Å². The molecule has 1 aliphatic heterocycles. The minimum absolute atomic E-state index is 0.00106. The van der Waals surface area contributed by atoms with Gasteiger partial charge in [-0.05, 0) is 5.92 Å². The van der Waals surface area contributed by atoms with Crippen LogP contribution < -0.4 is 0 Å². The van der Waals surface area contributed by atoms with Gasteiger partial charge < -0.3 is 4.74 Å². The van der Waals surface area contributed by atoms with Crippen molar-refractivity contribution in [3.8, 4) is 11.5 Å². The third-order valence-corrected chi connectivity index (χ3v) is 3.04. The lowest BCUT2D eigenvalue weighted by Crippen LogP contribution is -2.47. The van der Waals surface area contributed by atoms with Gasteiger partial charge in [0.25, 0.3) is 0 Å². The topological polar surface area (TPSA) is 26.3 Å². The second-order valence-corrected chi connectivity index (χ2v) is 9.90. The van der Waals surface area contributed by atoms with Crippen LogP contribution in [0, 0.1) is 23.3 Å². The molecule has 2 nitrogen and oxygen atoms in total. The summed E-state index contributed by atoms with van der Waals surface area (Å²) in [7, 11) is -1.34. The molecule has 78 valence electrons. The molecule has 3 heteroatoms. The van der Waals surface area contributed by atoms with Gasteiger partial charge in [-0.25, -0.2) is 0 Å². The fourth-order valence-corrected chi connectivity index (χ4v) is 1.93. The summed E-state index contributed by atoms with van der Waals surface area (Å²) in [4.78, 5) is 11.1. The number of carbonyl (C=O) groups excluding carboxylic acids is 1. The molecule has 0 aliphatic carbocycles. The number of cyclic esters (lactones) is 1. The number of hydrogen-bond donors (Lipinski definition) is 0. The van der Waals surface area contributed by atoms with E-state index in [0.717, 1.165) is 0 Å². The first-order chi connectivity index (χ1) is 6.31. The van der Waals surface area contributed by atoms with Crippen LogP contribution in [0.2, 0.25) is 19.6 Å². The van der Waals surface area contributed by atoms with E-state index in [1.807, 2.05) is 13.8 Å². The Labute approximate surface area is 87.0 Å². The zero-order chi connectivity index (χ0) is 10.9. The standard InChI is InChI=1S/C11H18O2Si/c1-8(2)10-9(13-11(10)12)6-7-14(3,4)5/h8-10H,1-5H3/t9-,10-/m0/s1. The minimum atomic E-state index is -1.34. The van der Waals surface area contributed by atoms with Gasteiger partial charge in [0.2, 0.25) is 0 Å². The largest absolute Gasteiger partial charge is 0.448 e. The summed E-state index contributed by atoms with van der Waals surface area (Å²) < 4.78 is 5.02. The van der Waals surface area contributed by atoms with Gasteiger partial charge in [-0.2, -0.15) is 0 Å². The smallest absolute Gasteiger partial charge is 0.315 e. The van der Waals surface area contributed by atoms with Crippen molar-refractivity contribution in [3.63, 3.8) is 0 Å². The van der Waals surface area contributed by atoms with Gasteiger partial charge in [-0.15, -0.1) is 5.54 Å². The number of ether oxygens (including phenoxy) is 1. The molecular weight excluding hydrogens is 192 g/mol. The van der Waals surface area contributed by atoms with E-state index in [-0.39, 0.29) is 18.0 Å². The van der Waals surface area contributed by atoms with Crippen molar-refractivity contribution in [1.29, 1.82) is 0 Å². The normalized spacial score (nSPS) is 26.3. The molecule has 0 aromatic heterocycles. The lowest BCUT2D eigenvalue weighted by atomic mass is 9.86. The van der Waals surface area contributed by atoms with E-state index >= 15 is 0 Å². The number of carbonyl (C=O) groups is 1. The molecular formula is C11H18O2Si. The highest BCUT2D eigenvalue weighted by Crippen LogP contribution is 2.28. The summed E-state index contributed by atoms with van der Waals surface area (Å²) in [6.45, 7) is 10.6. The van der Waals surface area contributed by atoms with Crippen LogP contribution in [0.25, 0.3) is 0 Å². The second kappa shape index (κ2) is 3.78. The lowest BCUT2D eigenvalue weighted by Gasteiger charge is -2.34. The number of rotatable bonds is 1. The highest BCUT2D eigenvalue weighted by atomic mass is 28.3. The molecule has 14 heavy (non-hydrogen) atoms. The third-order valence-electron chi connectivity index (χ3n) is 2.15. The summed E-state index contributed by atoms with van der Waals surface area (Å²) in [5.41, 5.74) is 3.24. The van der Waals surface area contributed by atoms with Crippen LogP contribution in [0.15, 0.2) is 0 Å². The quantitative estimate of drug-likeness (QED) is 0.376. The minimum Gasteiger partial charge on any atom is -0.448 e. The van der Waals surface area contributed by atoms with Crippen LogP contribution in [0.1, 0.15) is 13.8 Å². The predicted octanol–water partition coefficient (Wildman–Crippen LogP) is 2.06. The Bertz CT molecular complexity index is 291. The monoisotopic (exact) mass is 210 g/mol. The van der Waals surface area contributed by atoms with Crippen molar-refractivity contribution < 1.29 is 9.53 Å². The molecule has 0 N–H and O–H groups in total. The number of esters is 1. The Kier molecular flexibility index (Phi) is 3.06. The molecule has 1 saturated heterocycles. The third kappa shape index (κ3) is 2.62. The Balaban J connectivity index is 2.63. The van der Waals surface area contributed by atoms with Crippen molar-refractivity contribution in [2.24, 2.45) is 11.8 Å². The van der Waals surface area contributed by atoms with E-state index in [1.165, 1.54) is 0 Å². The van der Waals surface area contributed by atoms with Gasteiger partial charge >= 0.3 is 5.97 Å². The second-order valence-electron chi connectivity index (χ2n) is 5.15. The maximum absolute atomic E-state index is 11.1. The Morgan fingerprint density at radius 3 is 2.29 bits per heavy atom. The molecule has 1 rings (SSSR count). The average Bonchev–Trinajstić information content (AvgIpc) is 1.93. The van der Waals surface area contributed by atoms with Crippen LogP contribution >= 0.6 is 0 Å². The SMILES string of the molecule is CC(C)[C@@H]1C(=O)O[C@H]1C#C[Si](C)(C)C. The molecule has 0 bridgehead atoms. The Morgan fingerprint density at radius 2 is 1.93 bits per heavy atom. The zero-order valence-electron chi connectivity index (χ0n) is 9.55. The average molecular weight is 210 g/mol. The maximum Gasteiger partial charge on any atom is 0.315 e. The summed E-state index contributed by atoms with van der Waals surface area (Å²) in [6.07, 6.45) is -0.144. The Hall–Kier alpha value is -0.753. The molecule has 0 amide bonds. The van der Waals surface area contributed by atoms with Crippen LogP contribution in [0.3, 0.4) is 0 Å². The molecule has 0 spiro atoms. The molecule has 1 heterocycles. The van der Waals surface area contributed by atoms with Crippen LogP contribution in [-0.4, -0.2) is 20.1 Å². The molecule has 1 fully saturated rings. The van der Waals surface area contributed by atoms with Gasteiger partial charge in [0.05, 0.1) is 0 Å². The summed E-state index contributed by atoms with van der Waals surface area (Å²) >= 11 is 0. The van der Waals surface area contributed by atoms with Gasteiger partial charge in [-0.1, -0.05) is 39.4 Å². The van der Waals surface area contributed by atoms with Gasteiger partial charge in [0, 0.05) is 0 Å². The molecule has 2 atom stereocenters. The molecule has 0 saturated carbocycles.